The highest BCUT2D eigenvalue weighted by atomic mass is 16.3. The Morgan fingerprint density at radius 1 is 1.17 bits per heavy atom. The molecule has 0 aliphatic carbocycles. The van der Waals surface area contributed by atoms with E-state index < -0.39 is 17.1 Å². The maximum absolute atomic E-state index is 9.88. The van der Waals surface area contributed by atoms with E-state index in [1.807, 2.05) is 20.8 Å². The van der Waals surface area contributed by atoms with Crippen molar-refractivity contribution >= 4 is 0 Å². The van der Waals surface area contributed by atoms with E-state index in [-0.39, 0.29) is 0 Å². The molecule has 0 heterocycles. The van der Waals surface area contributed by atoms with Crippen LogP contribution in [-0.4, -0.2) is 21.9 Å². The predicted octanol–water partition coefficient (Wildman–Crippen LogP) is 1.94. The van der Waals surface area contributed by atoms with E-state index in [4.69, 9.17) is 0 Å². The van der Waals surface area contributed by atoms with Crippen molar-refractivity contribution in [3.05, 3.63) is 0 Å². The molecule has 74 valence electrons. The molecule has 0 aliphatic heterocycles. The Hall–Kier alpha value is -0.0800. The first-order chi connectivity index (χ1) is 5.29. The van der Waals surface area contributed by atoms with Gasteiger partial charge in [-0.1, -0.05) is 20.8 Å². The first kappa shape index (κ1) is 11.9. The predicted molar refractivity (Wildman–Crippen MR) is 51.0 cm³/mol. The van der Waals surface area contributed by atoms with Crippen LogP contribution in [0.4, 0.5) is 0 Å². The molecular formula is C10H22O2. The molecule has 2 heteroatoms. The lowest BCUT2D eigenvalue weighted by Crippen LogP contribution is -2.48. The summed E-state index contributed by atoms with van der Waals surface area (Å²) in [5.41, 5.74) is -1.22. The van der Waals surface area contributed by atoms with Crippen LogP contribution in [0.25, 0.3) is 0 Å². The van der Waals surface area contributed by atoms with E-state index in [1.165, 1.54) is 0 Å². The fourth-order valence-electron chi connectivity index (χ4n) is 1.53. The summed E-state index contributed by atoms with van der Waals surface area (Å²) in [6, 6.07) is 0. The van der Waals surface area contributed by atoms with Crippen LogP contribution >= 0.6 is 0 Å². The molecule has 2 N–H and O–H groups in total. The highest BCUT2D eigenvalue weighted by Crippen LogP contribution is 2.38. The molecule has 0 saturated carbocycles. The number of hydrogen-bond donors (Lipinski definition) is 2. The maximum Gasteiger partial charge on any atom is 0.0669 e. The third-order valence-corrected chi connectivity index (χ3v) is 3.25. The second kappa shape index (κ2) is 3.75. The summed E-state index contributed by atoms with van der Waals surface area (Å²) in [5.74, 6) is 0. The van der Waals surface area contributed by atoms with Gasteiger partial charge in [-0.05, 0) is 26.7 Å². The van der Waals surface area contributed by atoms with Crippen LogP contribution in [0.1, 0.15) is 47.5 Å². The zero-order valence-electron chi connectivity index (χ0n) is 8.89. The highest BCUT2D eigenvalue weighted by Gasteiger charge is 2.42. The normalized spacial score (nSPS) is 20.2. The van der Waals surface area contributed by atoms with Crippen LogP contribution in [0.5, 0.6) is 0 Å². The molecule has 0 aliphatic rings. The fourth-order valence-corrected chi connectivity index (χ4v) is 1.53. The van der Waals surface area contributed by atoms with Gasteiger partial charge in [-0.2, -0.15) is 0 Å². The first-order valence-corrected chi connectivity index (χ1v) is 4.70. The van der Waals surface area contributed by atoms with Crippen molar-refractivity contribution in [2.45, 2.75) is 59.2 Å². The molecular weight excluding hydrogens is 152 g/mol. The van der Waals surface area contributed by atoms with Gasteiger partial charge in [0.25, 0.3) is 0 Å². The minimum Gasteiger partial charge on any atom is -0.392 e. The highest BCUT2D eigenvalue weighted by molar-refractivity contribution is 4.93. The van der Waals surface area contributed by atoms with Crippen molar-refractivity contribution in [2.24, 2.45) is 5.41 Å². The molecule has 0 saturated heterocycles. The van der Waals surface area contributed by atoms with Crippen LogP contribution in [0.15, 0.2) is 0 Å². The summed E-state index contributed by atoms with van der Waals surface area (Å²) in [4.78, 5) is 0. The van der Waals surface area contributed by atoms with Crippen LogP contribution in [-0.2, 0) is 0 Å². The number of hydrogen-bond acceptors (Lipinski definition) is 2. The fraction of sp³-hybridized carbons (Fsp3) is 1.00. The summed E-state index contributed by atoms with van der Waals surface area (Å²) in [6.45, 7) is 9.38. The van der Waals surface area contributed by atoms with E-state index in [1.54, 1.807) is 13.8 Å². The van der Waals surface area contributed by atoms with Crippen LogP contribution in [0, 0.1) is 5.41 Å². The Bertz CT molecular complexity index is 137. The zero-order valence-corrected chi connectivity index (χ0v) is 8.89. The average molecular weight is 174 g/mol. The van der Waals surface area contributed by atoms with E-state index in [0.29, 0.717) is 6.42 Å². The van der Waals surface area contributed by atoms with Crippen molar-refractivity contribution in [3.8, 4) is 0 Å². The van der Waals surface area contributed by atoms with Crippen LogP contribution in [0.3, 0.4) is 0 Å². The van der Waals surface area contributed by atoms with Crippen molar-refractivity contribution in [2.75, 3.05) is 0 Å². The van der Waals surface area contributed by atoms with Crippen LogP contribution in [0.2, 0.25) is 0 Å². The molecule has 0 spiro atoms. The van der Waals surface area contributed by atoms with Gasteiger partial charge in [0, 0.05) is 5.41 Å². The van der Waals surface area contributed by atoms with Crippen molar-refractivity contribution in [1.29, 1.82) is 0 Å². The molecule has 0 rings (SSSR count). The lowest BCUT2D eigenvalue weighted by molar-refractivity contribution is -0.116. The third-order valence-electron chi connectivity index (χ3n) is 3.25. The van der Waals surface area contributed by atoms with Gasteiger partial charge in [-0.15, -0.1) is 0 Å². The largest absolute Gasteiger partial charge is 0.392 e. The van der Waals surface area contributed by atoms with Gasteiger partial charge in [-0.25, -0.2) is 0 Å². The molecule has 0 aromatic rings. The molecule has 0 fully saturated rings. The Kier molecular flexibility index (Phi) is 3.73. The Morgan fingerprint density at radius 3 is 1.67 bits per heavy atom. The number of aliphatic hydroxyl groups is 2. The zero-order chi connectivity index (χ0) is 9.99. The Morgan fingerprint density at radius 2 is 1.58 bits per heavy atom. The topological polar surface area (TPSA) is 40.5 Å². The Balaban J connectivity index is 4.67. The summed E-state index contributed by atoms with van der Waals surface area (Å²) in [5, 5.41) is 19.6. The van der Waals surface area contributed by atoms with Gasteiger partial charge < -0.3 is 10.2 Å². The lowest BCUT2D eigenvalue weighted by atomic mass is 9.68. The SMILES string of the molecule is CCC(O)C(C)(CC)C(C)(C)O. The first-order valence-electron chi connectivity index (χ1n) is 4.70. The van der Waals surface area contributed by atoms with Gasteiger partial charge in [-0.3, -0.25) is 0 Å². The van der Waals surface area contributed by atoms with Gasteiger partial charge in [0.2, 0.25) is 0 Å². The van der Waals surface area contributed by atoms with Gasteiger partial charge in [0.15, 0.2) is 0 Å². The smallest absolute Gasteiger partial charge is 0.0669 e. The molecule has 2 nitrogen and oxygen atoms in total. The lowest BCUT2D eigenvalue weighted by Gasteiger charge is -2.43. The second-order valence-electron chi connectivity index (χ2n) is 4.25. The van der Waals surface area contributed by atoms with Crippen molar-refractivity contribution < 1.29 is 10.2 Å². The van der Waals surface area contributed by atoms with Gasteiger partial charge in [0.05, 0.1) is 11.7 Å². The standard InChI is InChI=1S/C10H22O2/c1-6-8(11)10(5,7-2)9(3,4)12/h8,11-12H,6-7H2,1-5H3. The molecule has 0 amide bonds. The summed E-state index contributed by atoms with van der Waals surface area (Å²) in [7, 11) is 0. The summed E-state index contributed by atoms with van der Waals surface area (Å²) in [6.07, 6.45) is 1.04. The van der Waals surface area contributed by atoms with Crippen molar-refractivity contribution in [3.63, 3.8) is 0 Å². The van der Waals surface area contributed by atoms with Gasteiger partial charge in [0.1, 0.15) is 0 Å². The van der Waals surface area contributed by atoms with E-state index in [0.717, 1.165) is 6.42 Å². The summed E-state index contributed by atoms with van der Waals surface area (Å²) < 4.78 is 0. The molecule has 0 radical (unpaired) electrons. The molecule has 0 aromatic heterocycles. The second-order valence-corrected chi connectivity index (χ2v) is 4.25. The molecule has 0 aromatic carbocycles. The monoisotopic (exact) mass is 174 g/mol. The van der Waals surface area contributed by atoms with E-state index >= 15 is 0 Å². The Labute approximate surface area is 75.6 Å². The summed E-state index contributed by atoms with van der Waals surface area (Å²) >= 11 is 0. The number of aliphatic hydroxyl groups excluding tert-OH is 1. The maximum atomic E-state index is 9.88. The number of rotatable bonds is 4. The average Bonchev–Trinajstić information content (AvgIpc) is 1.99. The van der Waals surface area contributed by atoms with Crippen molar-refractivity contribution in [1.82, 2.24) is 0 Å². The van der Waals surface area contributed by atoms with Crippen LogP contribution < -0.4 is 0 Å². The quantitative estimate of drug-likeness (QED) is 0.684. The molecule has 2 unspecified atom stereocenters. The minimum absolute atomic E-state index is 0.401. The minimum atomic E-state index is -0.822. The third kappa shape index (κ3) is 1.99. The molecule has 0 bridgehead atoms. The van der Waals surface area contributed by atoms with E-state index in [2.05, 4.69) is 0 Å². The van der Waals surface area contributed by atoms with Gasteiger partial charge >= 0.3 is 0 Å². The molecule has 2 atom stereocenters. The van der Waals surface area contributed by atoms with E-state index in [9.17, 15) is 10.2 Å². The molecule has 12 heavy (non-hydrogen) atoms.